The molecule has 0 aromatic heterocycles. The molecular weight excluding hydrogens is 320 g/mol. The molecule has 1 aromatic rings. The van der Waals surface area contributed by atoms with Crippen LogP contribution in [0.5, 0.6) is 0 Å². The fraction of sp³-hybridized carbons (Fsp3) is 0.500. The van der Waals surface area contributed by atoms with Crippen molar-refractivity contribution in [2.45, 2.75) is 37.8 Å². The number of amides is 2. The van der Waals surface area contributed by atoms with Gasteiger partial charge in [0.25, 0.3) is 0 Å². The zero-order valence-electron chi connectivity index (χ0n) is 14.6. The highest BCUT2D eigenvalue weighted by molar-refractivity contribution is 5.90. The van der Waals surface area contributed by atoms with Crippen molar-refractivity contribution in [3.8, 4) is 0 Å². The first-order chi connectivity index (χ1) is 12.1. The van der Waals surface area contributed by atoms with Gasteiger partial charge in [-0.2, -0.15) is 0 Å². The normalized spacial score (nSPS) is 12.9. The molecule has 137 valence electrons. The van der Waals surface area contributed by atoms with E-state index in [4.69, 9.17) is 5.73 Å². The monoisotopic (exact) mass is 347 g/mol. The number of benzene rings is 1. The van der Waals surface area contributed by atoms with Gasteiger partial charge in [-0.25, -0.2) is 0 Å². The average molecular weight is 347 g/mol. The second-order valence-corrected chi connectivity index (χ2v) is 5.74. The van der Waals surface area contributed by atoms with E-state index in [2.05, 4.69) is 16.0 Å². The van der Waals surface area contributed by atoms with Gasteiger partial charge in [0.05, 0.1) is 12.6 Å². The molecule has 2 amide bonds. The van der Waals surface area contributed by atoms with E-state index in [1.54, 1.807) is 13.3 Å². The van der Waals surface area contributed by atoms with Crippen molar-refractivity contribution < 1.29 is 14.4 Å². The molecule has 0 saturated carbocycles. The second kappa shape index (κ2) is 12.2. The van der Waals surface area contributed by atoms with Gasteiger partial charge in [-0.15, -0.1) is 0 Å². The smallest absolute Gasteiger partial charge is 0.242 e. The Morgan fingerprint density at radius 3 is 2.44 bits per heavy atom. The molecule has 0 bridgehead atoms. The van der Waals surface area contributed by atoms with E-state index < -0.39 is 12.1 Å². The zero-order valence-corrected chi connectivity index (χ0v) is 14.6. The van der Waals surface area contributed by atoms with Gasteiger partial charge in [-0.3, -0.25) is 14.4 Å². The minimum atomic E-state index is -0.695. The molecule has 0 fully saturated rings. The molecule has 0 unspecified atom stereocenters. The van der Waals surface area contributed by atoms with E-state index in [9.17, 15) is 14.4 Å². The van der Waals surface area contributed by atoms with Crippen molar-refractivity contribution in [1.29, 1.82) is 0 Å². The number of nitrogens with one attached hydrogen (secondary N) is 3. The second-order valence-electron chi connectivity index (χ2n) is 5.74. The number of unbranched alkanes of at least 4 members (excludes halogenated alkanes) is 1. The molecule has 0 aliphatic carbocycles. The molecule has 0 heterocycles. The highest BCUT2D eigenvalue weighted by Crippen LogP contribution is 2.05. The van der Waals surface area contributed by atoms with E-state index in [0.717, 1.165) is 12.0 Å². The van der Waals surface area contributed by atoms with E-state index in [1.807, 2.05) is 30.3 Å². The molecule has 25 heavy (non-hydrogen) atoms. The predicted octanol–water partition coefficient (Wildman–Crippen LogP) is -0.343. The van der Waals surface area contributed by atoms with Crippen molar-refractivity contribution >= 4 is 18.1 Å². The Labute approximate surface area is 148 Å². The van der Waals surface area contributed by atoms with Gasteiger partial charge in [0.1, 0.15) is 6.04 Å². The number of rotatable bonds is 12. The summed E-state index contributed by atoms with van der Waals surface area (Å²) in [5, 5.41) is 8.19. The average Bonchev–Trinajstić information content (AvgIpc) is 2.64. The van der Waals surface area contributed by atoms with E-state index in [1.165, 1.54) is 0 Å². The van der Waals surface area contributed by atoms with Crippen molar-refractivity contribution in [1.82, 2.24) is 16.0 Å². The molecule has 1 rings (SSSR count). The maximum atomic E-state index is 12.5. The Kier molecular flexibility index (Phi) is 10.1. The number of likely N-dealkylation sites (N-methyl/N-ethyl adjacent to an activating group) is 1. The number of carbonyl (C=O) groups excluding carboxylic acids is 3. The number of nitrogens with two attached hydrogens (primary N) is 1. The summed E-state index contributed by atoms with van der Waals surface area (Å²) < 4.78 is 0. The van der Waals surface area contributed by atoms with Crippen LogP contribution in [0.1, 0.15) is 24.8 Å². The minimum Gasteiger partial charge on any atom is -0.347 e. The highest BCUT2D eigenvalue weighted by atomic mass is 16.2. The maximum Gasteiger partial charge on any atom is 0.242 e. The van der Waals surface area contributed by atoms with Gasteiger partial charge in [0, 0.05) is 0 Å². The van der Waals surface area contributed by atoms with E-state index in [0.29, 0.717) is 25.8 Å². The summed E-state index contributed by atoms with van der Waals surface area (Å²) >= 11 is 0. The van der Waals surface area contributed by atoms with E-state index in [-0.39, 0.29) is 18.4 Å². The molecule has 0 aliphatic heterocycles. The first-order valence-corrected chi connectivity index (χ1v) is 8.46. The SMILES string of the molecule is CN[C@@H](Cc1ccccc1)C(=O)N[C@@H](CCCCN)C(=O)NC[C]=O. The Morgan fingerprint density at radius 1 is 1.12 bits per heavy atom. The largest absolute Gasteiger partial charge is 0.347 e. The molecular formula is C18H27N4O3. The first-order valence-electron chi connectivity index (χ1n) is 8.46. The summed E-state index contributed by atoms with van der Waals surface area (Å²) in [7, 11) is 1.71. The van der Waals surface area contributed by atoms with Crippen molar-refractivity contribution in [3.05, 3.63) is 35.9 Å². The van der Waals surface area contributed by atoms with Gasteiger partial charge in [0.2, 0.25) is 18.1 Å². The molecule has 1 radical (unpaired) electrons. The third kappa shape index (κ3) is 7.91. The third-order valence-corrected chi connectivity index (χ3v) is 3.86. The standard InChI is InChI=1S/C18H27N4O3/c1-20-16(13-14-7-3-2-4-8-14)18(25)22-15(9-5-6-10-19)17(24)21-11-12-23/h2-4,7-8,15-16,20H,5-6,9-11,13,19H2,1H3,(H,21,24)(H,22,25)/t15-,16-/m0/s1. The molecule has 2 atom stereocenters. The van der Waals surface area contributed by atoms with Crippen LogP contribution < -0.4 is 21.7 Å². The minimum absolute atomic E-state index is 0.193. The fourth-order valence-corrected chi connectivity index (χ4v) is 2.46. The Bertz CT molecular complexity index is 536. The lowest BCUT2D eigenvalue weighted by molar-refractivity contribution is -0.130. The van der Waals surface area contributed by atoms with Crippen molar-refractivity contribution in [2.24, 2.45) is 5.73 Å². The van der Waals surface area contributed by atoms with Crippen LogP contribution in [0, 0.1) is 0 Å². The van der Waals surface area contributed by atoms with Crippen LogP contribution in [-0.4, -0.2) is 50.3 Å². The molecule has 0 saturated heterocycles. The van der Waals surface area contributed by atoms with Crippen LogP contribution in [0.15, 0.2) is 30.3 Å². The molecule has 1 aromatic carbocycles. The lowest BCUT2D eigenvalue weighted by Gasteiger charge is -2.22. The van der Waals surface area contributed by atoms with Gasteiger partial charge in [-0.1, -0.05) is 30.3 Å². The number of carbonyl (C=O) groups is 2. The van der Waals surface area contributed by atoms with Gasteiger partial charge < -0.3 is 21.7 Å². The Morgan fingerprint density at radius 2 is 1.84 bits per heavy atom. The van der Waals surface area contributed by atoms with Crippen LogP contribution in [0.25, 0.3) is 0 Å². The fourth-order valence-electron chi connectivity index (χ4n) is 2.46. The van der Waals surface area contributed by atoms with Crippen LogP contribution in [-0.2, 0) is 20.8 Å². The summed E-state index contributed by atoms with van der Waals surface area (Å²) in [6.45, 7) is 0.332. The quantitative estimate of drug-likeness (QED) is 0.386. The van der Waals surface area contributed by atoms with Crippen molar-refractivity contribution in [3.63, 3.8) is 0 Å². The zero-order chi connectivity index (χ0) is 18.5. The molecule has 0 spiro atoms. The topological polar surface area (TPSA) is 113 Å². The lowest BCUT2D eigenvalue weighted by atomic mass is 10.0. The van der Waals surface area contributed by atoms with Crippen LogP contribution in [0.4, 0.5) is 0 Å². The third-order valence-electron chi connectivity index (χ3n) is 3.86. The summed E-state index contributed by atoms with van der Waals surface area (Å²) in [5.41, 5.74) is 6.50. The van der Waals surface area contributed by atoms with Crippen molar-refractivity contribution in [2.75, 3.05) is 20.1 Å². The Balaban J connectivity index is 2.68. The van der Waals surface area contributed by atoms with Crippen LogP contribution in [0.2, 0.25) is 0 Å². The molecule has 7 heteroatoms. The summed E-state index contributed by atoms with van der Waals surface area (Å²) in [5.74, 6) is -0.641. The Hall–Kier alpha value is -2.25. The first kappa shape index (κ1) is 20.8. The predicted molar refractivity (Wildman–Crippen MR) is 96.5 cm³/mol. The lowest BCUT2D eigenvalue weighted by Crippen LogP contribution is -2.53. The number of hydrogen-bond donors (Lipinski definition) is 4. The van der Waals surface area contributed by atoms with Crippen LogP contribution in [0.3, 0.4) is 0 Å². The number of hydrogen-bond acceptors (Lipinski definition) is 5. The molecule has 0 aliphatic rings. The molecule has 5 N–H and O–H groups in total. The summed E-state index contributed by atoms with van der Waals surface area (Å²) in [6, 6.07) is 8.49. The maximum absolute atomic E-state index is 12.5. The molecule has 7 nitrogen and oxygen atoms in total. The van der Waals surface area contributed by atoms with Gasteiger partial charge in [0.15, 0.2) is 0 Å². The van der Waals surface area contributed by atoms with Gasteiger partial charge in [-0.05, 0) is 44.8 Å². The highest BCUT2D eigenvalue weighted by Gasteiger charge is 2.24. The van der Waals surface area contributed by atoms with Gasteiger partial charge >= 0.3 is 0 Å². The summed E-state index contributed by atoms with van der Waals surface area (Å²) in [6.07, 6.45) is 4.07. The summed E-state index contributed by atoms with van der Waals surface area (Å²) in [4.78, 5) is 35.0. The van der Waals surface area contributed by atoms with Crippen LogP contribution >= 0.6 is 0 Å². The van der Waals surface area contributed by atoms with E-state index >= 15 is 0 Å².